The van der Waals surface area contributed by atoms with Gasteiger partial charge in [0, 0.05) is 57.3 Å². The van der Waals surface area contributed by atoms with Crippen LogP contribution in [0.2, 0.25) is 0 Å². The molecule has 0 spiro atoms. The summed E-state index contributed by atoms with van der Waals surface area (Å²) in [5.41, 5.74) is 1.91. The molecule has 1 amide bonds. The van der Waals surface area contributed by atoms with Gasteiger partial charge in [-0.3, -0.25) is 9.48 Å². The Morgan fingerprint density at radius 1 is 1.12 bits per heavy atom. The summed E-state index contributed by atoms with van der Waals surface area (Å²) in [5, 5.41) is 12.8. The largest absolute Gasteiger partial charge is 0.378 e. The molecule has 1 saturated heterocycles. The lowest BCUT2D eigenvalue weighted by molar-refractivity contribution is 0.0774. The van der Waals surface area contributed by atoms with E-state index in [1.807, 2.05) is 30.3 Å². The van der Waals surface area contributed by atoms with Gasteiger partial charge in [-0.15, -0.1) is 0 Å². The number of aromatic nitrogens is 4. The molecule has 5 rings (SSSR count). The van der Waals surface area contributed by atoms with E-state index in [0.717, 1.165) is 0 Å². The van der Waals surface area contributed by atoms with Crippen molar-refractivity contribution >= 4 is 11.9 Å². The van der Waals surface area contributed by atoms with E-state index in [4.69, 9.17) is 10.00 Å². The molecule has 33 heavy (non-hydrogen) atoms. The van der Waals surface area contributed by atoms with Gasteiger partial charge in [0.05, 0.1) is 30.5 Å². The molecule has 0 bridgehead atoms. The smallest absolute Gasteiger partial charge is 0.272 e. The Bertz CT molecular complexity index is 1180. The molecule has 0 atom stereocenters. The molecule has 4 heterocycles. The van der Waals surface area contributed by atoms with Crippen molar-refractivity contribution in [3.8, 4) is 17.3 Å². The van der Waals surface area contributed by atoms with Crippen molar-refractivity contribution in [2.45, 2.75) is 6.42 Å². The molecule has 9 nitrogen and oxygen atoms in total. The second-order valence-corrected chi connectivity index (χ2v) is 7.76. The van der Waals surface area contributed by atoms with Crippen LogP contribution in [0, 0.1) is 17.1 Å². The van der Waals surface area contributed by atoms with E-state index < -0.39 is 5.82 Å². The van der Waals surface area contributed by atoms with Crippen molar-refractivity contribution in [2.75, 3.05) is 44.8 Å². The third-order valence-corrected chi connectivity index (χ3v) is 5.53. The van der Waals surface area contributed by atoms with Gasteiger partial charge >= 0.3 is 0 Å². The standard InChI is InChI=1S/C19H18FN5O2.C4H6N2/c1-24-5-4-14-16(13-3-2-12(11-21)10-15(13)20)22-19(23-17(14)18(24)26)25-6-8-27-9-7-25;1-6-4-2-3-5-6/h2-3,10H,4-9H2,1H3;2-4H,1H3. The molecular weight excluding hydrogens is 425 g/mol. The predicted molar refractivity (Wildman–Crippen MR) is 119 cm³/mol. The fourth-order valence-corrected chi connectivity index (χ4v) is 3.70. The second kappa shape index (κ2) is 9.75. The SMILES string of the molecule is CN1CCc2c(nc(N3CCOCC3)nc2-c2ccc(C#N)cc2F)C1=O.Cn1cccn1. The third-order valence-electron chi connectivity index (χ3n) is 5.53. The Kier molecular flexibility index (Phi) is 6.60. The van der Waals surface area contributed by atoms with E-state index in [0.29, 0.717) is 62.2 Å². The zero-order chi connectivity index (χ0) is 23.4. The van der Waals surface area contributed by atoms with Crippen LogP contribution < -0.4 is 4.90 Å². The Balaban J connectivity index is 0.000000376. The first-order valence-corrected chi connectivity index (χ1v) is 10.6. The number of aryl methyl sites for hydroxylation is 1. The average molecular weight is 449 g/mol. The number of amides is 1. The fraction of sp³-hybridized carbons (Fsp3) is 0.348. The maximum atomic E-state index is 14.7. The molecule has 2 aliphatic rings. The molecule has 3 aromatic rings. The molecule has 170 valence electrons. The number of fused-ring (bicyclic) bond motifs is 1. The molecule has 2 aromatic heterocycles. The predicted octanol–water partition coefficient (Wildman–Crippen LogP) is 2.04. The number of benzene rings is 1. The molecule has 0 N–H and O–H groups in total. The molecule has 2 aliphatic heterocycles. The Labute approximate surface area is 191 Å². The Hall–Kier alpha value is -3.84. The van der Waals surface area contributed by atoms with Gasteiger partial charge in [-0.2, -0.15) is 10.4 Å². The summed E-state index contributed by atoms with van der Waals surface area (Å²) < 4.78 is 21.8. The maximum Gasteiger partial charge on any atom is 0.272 e. The van der Waals surface area contributed by atoms with Crippen molar-refractivity contribution in [1.29, 1.82) is 5.26 Å². The van der Waals surface area contributed by atoms with Crippen LogP contribution in [0.4, 0.5) is 10.3 Å². The zero-order valence-corrected chi connectivity index (χ0v) is 18.5. The summed E-state index contributed by atoms with van der Waals surface area (Å²) >= 11 is 0. The van der Waals surface area contributed by atoms with E-state index in [2.05, 4.69) is 15.1 Å². The minimum Gasteiger partial charge on any atom is -0.378 e. The van der Waals surface area contributed by atoms with Crippen LogP contribution in [0.3, 0.4) is 0 Å². The number of likely N-dealkylation sites (N-methyl/N-ethyl adjacent to an activating group) is 1. The number of ether oxygens (including phenoxy) is 1. The number of carbonyl (C=O) groups is 1. The fourth-order valence-electron chi connectivity index (χ4n) is 3.70. The number of halogens is 1. The summed E-state index contributed by atoms with van der Waals surface area (Å²) in [6, 6.07) is 8.11. The van der Waals surface area contributed by atoms with Gasteiger partial charge in [0.1, 0.15) is 11.5 Å². The summed E-state index contributed by atoms with van der Waals surface area (Å²) in [5.74, 6) is -0.322. The minimum absolute atomic E-state index is 0.191. The topological polar surface area (TPSA) is 100 Å². The van der Waals surface area contributed by atoms with E-state index in [1.165, 1.54) is 6.07 Å². The van der Waals surface area contributed by atoms with Crippen molar-refractivity contribution in [2.24, 2.45) is 7.05 Å². The average Bonchev–Trinajstić information content (AvgIpc) is 3.33. The first-order chi connectivity index (χ1) is 16.0. The highest BCUT2D eigenvalue weighted by Crippen LogP contribution is 2.31. The van der Waals surface area contributed by atoms with Crippen LogP contribution in [-0.2, 0) is 18.2 Å². The molecule has 0 unspecified atom stereocenters. The number of rotatable bonds is 2. The van der Waals surface area contributed by atoms with Crippen LogP contribution >= 0.6 is 0 Å². The highest BCUT2D eigenvalue weighted by molar-refractivity contribution is 5.96. The summed E-state index contributed by atoms with van der Waals surface area (Å²) in [6.45, 7) is 2.84. The minimum atomic E-state index is -0.533. The summed E-state index contributed by atoms with van der Waals surface area (Å²) in [4.78, 5) is 25.4. The lowest BCUT2D eigenvalue weighted by Crippen LogP contribution is -2.40. The van der Waals surface area contributed by atoms with Crippen LogP contribution in [0.1, 0.15) is 21.6 Å². The molecular formula is C23H24FN7O2. The van der Waals surface area contributed by atoms with E-state index in [1.54, 1.807) is 35.0 Å². The zero-order valence-electron chi connectivity index (χ0n) is 18.5. The maximum absolute atomic E-state index is 14.7. The molecule has 1 aromatic carbocycles. The lowest BCUT2D eigenvalue weighted by Gasteiger charge is -2.30. The molecule has 0 radical (unpaired) electrons. The molecule has 1 fully saturated rings. The Morgan fingerprint density at radius 2 is 1.88 bits per heavy atom. The van der Waals surface area contributed by atoms with E-state index in [-0.39, 0.29) is 17.0 Å². The number of nitrogens with zero attached hydrogens (tertiary/aromatic N) is 7. The number of morpholine rings is 1. The number of anilines is 1. The van der Waals surface area contributed by atoms with Crippen LogP contribution in [0.15, 0.2) is 36.7 Å². The first-order valence-electron chi connectivity index (χ1n) is 10.6. The van der Waals surface area contributed by atoms with Crippen molar-refractivity contribution < 1.29 is 13.9 Å². The summed E-state index contributed by atoms with van der Waals surface area (Å²) in [6.07, 6.45) is 4.19. The summed E-state index contributed by atoms with van der Waals surface area (Å²) in [7, 11) is 3.61. The first kappa shape index (κ1) is 22.4. The quantitative estimate of drug-likeness (QED) is 0.590. The van der Waals surface area contributed by atoms with Crippen molar-refractivity contribution in [3.63, 3.8) is 0 Å². The van der Waals surface area contributed by atoms with Gasteiger partial charge in [0.15, 0.2) is 0 Å². The highest BCUT2D eigenvalue weighted by atomic mass is 19.1. The van der Waals surface area contributed by atoms with E-state index >= 15 is 0 Å². The van der Waals surface area contributed by atoms with E-state index in [9.17, 15) is 9.18 Å². The molecule has 10 heteroatoms. The number of nitriles is 1. The number of carbonyl (C=O) groups excluding carboxylic acids is 1. The molecule has 0 saturated carbocycles. The van der Waals surface area contributed by atoms with Gasteiger partial charge in [-0.25, -0.2) is 14.4 Å². The Morgan fingerprint density at radius 3 is 2.48 bits per heavy atom. The van der Waals surface area contributed by atoms with Crippen LogP contribution in [0.5, 0.6) is 0 Å². The number of hydrogen-bond donors (Lipinski definition) is 0. The van der Waals surface area contributed by atoms with Gasteiger partial charge in [-0.05, 0) is 30.7 Å². The second-order valence-electron chi connectivity index (χ2n) is 7.76. The van der Waals surface area contributed by atoms with Crippen molar-refractivity contribution in [3.05, 3.63) is 59.3 Å². The van der Waals surface area contributed by atoms with Crippen molar-refractivity contribution in [1.82, 2.24) is 24.6 Å². The van der Waals surface area contributed by atoms with Gasteiger partial charge in [0.2, 0.25) is 5.95 Å². The third kappa shape index (κ3) is 4.83. The van der Waals surface area contributed by atoms with Gasteiger partial charge < -0.3 is 14.5 Å². The van der Waals surface area contributed by atoms with Crippen LogP contribution in [-0.4, -0.2) is 70.5 Å². The van der Waals surface area contributed by atoms with Gasteiger partial charge in [0.25, 0.3) is 5.91 Å². The van der Waals surface area contributed by atoms with Crippen LogP contribution in [0.25, 0.3) is 11.3 Å². The molecule has 0 aliphatic carbocycles. The number of hydrogen-bond acceptors (Lipinski definition) is 7. The normalized spacial score (nSPS) is 15.4. The highest BCUT2D eigenvalue weighted by Gasteiger charge is 2.30. The lowest BCUT2D eigenvalue weighted by atomic mass is 9.97. The van der Waals surface area contributed by atoms with Gasteiger partial charge in [-0.1, -0.05) is 0 Å². The monoisotopic (exact) mass is 449 g/mol.